The Hall–Kier alpha value is -2.97. The Balaban J connectivity index is 1.77. The van der Waals surface area contributed by atoms with Crippen molar-refractivity contribution in [3.63, 3.8) is 0 Å². The zero-order valence-corrected chi connectivity index (χ0v) is 22.1. The number of carbonyl (C=O) groups is 3. The van der Waals surface area contributed by atoms with Crippen LogP contribution in [-0.4, -0.2) is 88.1 Å². The van der Waals surface area contributed by atoms with Gasteiger partial charge in [0, 0.05) is 26.7 Å². The molecule has 1 aromatic rings. The number of nitrogens with zero attached hydrogens (tertiary/aromatic N) is 3. The van der Waals surface area contributed by atoms with E-state index in [-0.39, 0.29) is 30.2 Å². The fraction of sp³-hybridized carbons (Fsp3) is 0.552. The van der Waals surface area contributed by atoms with E-state index in [2.05, 4.69) is 13.2 Å². The van der Waals surface area contributed by atoms with E-state index >= 15 is 0 Å². The fourth-order valence-electron chi connectivity index (χ4n) is 6.53. The van der Waals surface area contributed by atoms with Crippen LogP contribution in [-0.2, 0) is 25.7 Å². The highest BCUT2D eigenvalue weighted by molar-refractivity contribution is 5.99. The smallest absolute Gasteiger partial charge is 0.249 e. The van der Waals surface area contributed by atoms with Gasteiger partial charge in [-0.05, 0) is 24.3 Å². The Labute approximate surface area is 219 Å². The SMILES string of the molecule is C=CCN(C)C(=O)[C@@H]1[C@H]2C(=O)N([C@@H](CO)C(C)C)C(C(=O)N(CC=C)Cc3ccccc3)C23CC[C@H]1O3. The molecule has 3 heterocycles. The number of ether oxygens (including phenoxy) is 1. The summed E-state index contributed by atoms with van der Waals surface area (Å²) < 4.78 is 6.54. The number of likely N-dealkylation sites (tertiary alicyclic amines) is 1. The quantitative estimate of drug-likeness (QED) is 0.462. The van der Waals surface area contributed by atoms with Crippen molar-refractivity contribution in [1.29, 1.82) is 0 Å². The minimum atomic E-state index is -1.10. The third-order valence-electron chi connectivity index (χ3n) is 8.23. The topological polar surface area (TPSA) is 90.4 Å². The van der Waals surface area contributed by atoms with Gasteiger partial charge in [0.15, 0.2) is 0 Å². The Bertz CT molecular complexity index is 1040. The van der Waals surface area contributed by atoms with E-state index in [1.165, 1.54) is 0 Å². The summed E-state index contributed by atoms with van der Waals surface area (Å²) in [7, 11) is 1.69. The van der Waals surface area contributed by atoms with Crippen LogP contribution in [0.2, 0.25) is 0 Å². The van der Waals surface area contributed by atoms with Crippen LogP contribution in [0.3, 0.4) is 0 Å². The van der Waals surface area contributed by atoms with Crippen LogP contribution in [0, 0.1) is 17.8 Å². The van der Waals surface area contributed by atoms with E-state index in [4.69, 9.17) is 4.74 Å². The molecule has 1 spiro atoms. The molecule has 2 bridgehead atoms. The lowest BCUT2D eigenvalue weighted by molar-refractivity contribution is -0.153. The van der Waals surface area contributed by atoms with Crippen LogP contribution in [0.5, 0.6) is 0 Å². The maximum Gasteiger partial charge on any atom is 0.249 e. The molecule has 0 aromatic heterocycles. The van der Waals surface area contributed by atoms with Gasteiger partial charge in [0.05, 0.1) is 30.6 Å². The van der Waals surface area contributed by atoms with E-state index in [0.29, 0.717) is 32.5 Å². The van der Waals surface area contributed by atoms with E-state index in [9.17, 15) is 19.5 Å². The first kappa shape index (κ1) is 27.1. The molecule has 3 aliphatic rings. The molecule has 3 fully saturated rings. The number of aliphatic hydroxyl groups excluding tert-OH is 1. The number of likely N-dealkylation sites (N-methyl/N-ethyl adjacent to an activating group) is 1. The predicted octanol–water partition coefficient (Wildman–Crippen LogP) is 2.24. The van der Waals surface area contributed by atoms with Gasteiger partial charge >= 0.3 is 0 Å². The summed E-state index contributed by atoms with van der Waals surface area (Å²) in [6, 6.07) is 8.16. The Morgan fingerprint density at radius 3 is 2.46 bits per heavy atom. The summed E-state index contributed by atoms with van der Waals surface area (Å²) >= 11 is 0. The van der Waals surface area contributed by atoms with E-state index < -0.39 is 35.6 Å². The molecule has 0 aliphatic carbocycles. The monoisotopic (exact) mass is 509 g/mol. The summed E-state index contributed by atoms with van der Waals surface area (Å²) in [6.07, 6.45) is 4.02. The number of rotatable bonds is 11. The molecule has 3 aliphatic heterocycles. The van der Waals surface area contributed by atoms with Gasteiger partial charge in [-0.1, -0.05) is 56.3 Å². The molecule has 0 radical (unpaired) electrons. The zero-order chi connectivity index (χ0) is 26.9. The highest BCUT2D eigenvalue weighted by Gasteiger charge is 2.75. The molecule has 8 heteroatoms. The van der Waals surface area contributed by atoms with Gasteiger partial charge in [-0.2, -0.15) is 0 Å². The zero-order valence-electron chi connectivity index (χ0n) is 22.1. The summed E-state index contributed by atoms with van der Waals surface area (Å²) in [5, 5.41) is 10.4. The average molecular weight is 510 g/mol. The van der Waals surface area contributed by atoms with E-state index in [1.54, 1.807) is 33.9 Å². The van der Waals surface area contributed by atoms with Crippen molar-refractivity contribution in [3.8, 4) is 0 Å². The molecule has 3 amide bonds. The Morgan fingerprint density at radius 1 is 1.19 bits per heavy atom. The van der Waals surface area contributed by atoms with Gasteiger partial charge in [-0.15, -0.1) is 13.2 Å². The molecular weight excluding hydrogens is 470 g/mol. The second-order valence-electron chi connectivity index (χ2n) is 10.8. The number of carbonyl (C=O) groups excluding carboxylic acids is 3. The van der Waals surface area contributed by atoms with Crippen LogP contribution in [0.25, 0.3) is 0 Å². The standard InChI is InChI=1S/C29H39N3O5/c1-6-15-30(5)26(34)23-22-13-14-29(37-22)24(23)27(35)32(21(18-33)19(3)4)25(29)28(36)31(16-7-2)17-20-11-9-8-10-12-20/h6-12,19,21-25,33H,1-2,13-18H2,3-5H3/t21-,22+,23-,24-,25?,29?/m0/s1. The molecule has 1 aromatic carbocycles. The van der Waals surface area contributed by atoms with Gasteiger partial charge in [0.25, 0.3) is 0 Å². The Kier molecular flexibility index (Phi) is 7.90. The van der Waals surface area contributed by atoms with Crippen molar-refractivity contribution in [3.05, 3.63) is 61.2 Å². The first-order valence-corrected chi connectivity index (χ1v) is 13.1. The van der Waals surface area contributed by atoms with Crippen molar-refractivity contribution < 1.29 is 24.2 Å². The summed E-state index contributed by atoms with van der Waals surface area (Å²) in [6.45, 7) is 12.1. The van der Waals surface area contributed by atoms with Crippen molar-refractivity contribution in [2.45, 2.75) is 57.0 Å². The maximum atomic E-state index is 14.4. The molecule has 6 atom stereocenters. The lowest BCUT2D eigenvalue weighted by atomic mass is 9.70. The average Bonchev–Trinajstić information content (AvgIpc) is 3.52. The first-order valence-electron chi connectivity index (χ1n) is 13.1. The van der Waals surface area contributed by atoms with Crippen molar-refractivity contribution in [2.75, 3.05) is 26.7 Å². The number of benzene rings is 1. The summed E-state index contributed by atoms with van der Waals surface area (Å²) in [5.41, 5.74) is -0.145. The highest BCUT2D eigenvalue weighted by atomic mass is 16.5. The van der Waals surface area contributed by atoms with E-state index in [0.717, 1.165) is 5.56 Å². The molecule has 4 rings (SSSR count). The van der Waals surface area contributed by atoms with Crippen LogP contribution in [0.4, 0.5) is 0 Å². The first-order chi connectivity index (χ1) is 17.7. The van der Waals surface area contributed by atoms with Gasteiger partial charge < -0.3 is 24.5 Å². The minimum Gasteiger partial charge on any atom is -0.394 e. The Morgan fingerprint density at radius 2 is 1.86 bits per heavy atom. The number of hydrogen-bond acceptors (Lipinski definition) is 5. The summed E-state index contributed by atoms with van der Waals surface area (Å²) in [5.74, 6) is -2.23. The van der Waals surface area contributed by atoms with Crippen LogP contribution in [0.15, 0.2) is 55.6 Å². The molecular formula is C29H39N3O5. The lowest BCUT2D eigenvalue weighted by Gasteiger charge is -2.40. The lowest BCUT2D eigenvalue weighted by Crippen LogP contribution is -2.59. The van der Waals surface area contributed by atoms with Gasteiger partial charge in [0.1, 0.15) is 11.6 Å². The largest absolute Gasteiger partial charge is 0.394 e. The van der Waals surface area contributed by atoms with Gasteiger partial charge in [-0.3, -0.25) is 14.4 Å². The molecule has 2 unspecified atom stereocenters. The van der Waals surface area contributed by atoms with Crippen molar-refractivity contribution in [2.24, 2.45) is 17.8 Å². The van der Waals surface area contributed by atoms with Gasteiger partial charge in [0.2, 0.25) is 17.7 Å². The fourth-order valence-corrected chi connectivity index (χ4v) is 6.53. The van der Waals surface area contributed by atoms with Crippen molar-refractivity contribution >= 4 is 17.7 Å². The molecule has 200 valence electrons. The molecule has 0 saturated carbocycles. The number of aliphatic hydroxyl groups is 1. The van der Waals surface area contributed by atoms with E-state index in [1.807, 2.05) is 44.2 Å². The third kappa shape index (κ3) is 4.50. The van der Waals surface area contributed by atoms with Gasteiger partial charge in [-0.25, -0.2) is 0 Å². The molecule has 3 saturated heterocycles. The maximum absolute atomic E-state index is 14.4. The molecule has 8 nitrogen and oxygen atoms in total. The second-order valence-corrected chi connectivity index (χ2v) is 10.8. The summed E-state index contributed by atoms with van der Waals surface area (Å²) in [4.78, 5) is 46.9. The normalized spacial score (nSPS) is 28.8. The van der Waals surface area contributed by atoms with Crippen LogP contribution in [0.1, 0.15) is 32.3 Å². The highest BCUT2D eigenvalue weighted by Crippen LogP contribution is 2.59. The number of amides is 3. The second kappa shape index (κ2) is 10.8. The number of hydrogen-bond donors (Lipinski definition) is 1. The number of fused-ring (bicyclic) bond motifs is 1. The van der Waals surface area contributed by atoms with Crippen molar-refractivity contribution in [1.82, 2.24) is 14.7 Å². The minimum absolute atomic E-state index is 0.101. The molecule has 1 N–H and O–H groups in total. The van der Waals surface area contributed by atoms with Crippen LogP contribution >= 0.6 is 0 Å². The van der Waals surface area contributed by atoms with Crippen LogP contribution < -0.4 is 0 Å². The molecule has 37 heavy (non-hydrogen) atoms. The predicted molar refractivity (Wildman–Crippen MR) is 140 cm³/mol. The third-order valence-corrected chi connectivity index (χ3v) is 8.23.